The molecule has 27 heavy (non-hydrogen) atoms. The van der Waals surface area contributed by atoms with Crippen LogP contribution >= 0.6 is 24.0 Å². The number of rotatable bonds is 8. The summed E-state index contributed by atoms with van der Waals surface area (Å²) in [6.45, 7) is 9.39. The first-order valence-electron chi connectivity index (χ1n) is 9.61. The number of aromatic amines is 1. The Morgan fingerprint density at radius 1 is 1.26 bits per heavy atom. The third kappa shape index (κ3) is 7.27. The fraction of sp³-hybridized carbons (Fsp3) is 0.579. The monoisotopic (exact) mass is 486 g/mol. The highest BCUT2D eigenvalue weighted by Gasteiger charge is 2.09. The quantitative estimate of drug-likeness (QED) is 0.230. The molecule has 3 rings (SSSR count). The van der Waals surface area contributed by atoms with E-state index in [2.05, 4.69) is 43.5 Å². The van der Waals surface area contributed by atoms with Gasteiger partial charge in [-0.2, -0.15) is 0 Å². The van der Waals surface area contributed by atoms with Crippen molar-refractivity contribution >= 4 is 41.0 Å². The summed E-state index contributed by atoms with van der Waals surface area (Å²) < 4.78 is 5.38. The van der Waals surface area contributed by atoms with Crippen molar-refractivity contribution in [2.45, 2.75) is 19.8 Å². The zero-order chi connectivity index (χ0) is 18.0. The number of aromatic nitrogens is 2. The number of para-hydroxylation sites is 2. The molecule has 0 radical (unpaired) electrons. The maximum atomic E-state index is 5.38. The fourth-order valence-corrected chi connectivity index (χ4v) is 3.06. The maximum Gasteiger partial charge on any atom is 0.191 e. The Bertz CT molecular complexity index is 665. The number of hydrogen-bond acceptors (Lipinski definition) is 4. The van der Waals surface area contributed by atoms with Crippen molar-refractivity contribution in [2.24, 2.45) is 4.99 Å². The molecule has 1 aliphatic rings. The lowest BCUT2D eigenvalue weighted by molar-refractivity contribution is 0.0389. The summed E-state index contributed by atoms with van der Waals surface area (Å²) in [6, 6.07) is 8.14. The van der Waals surface area contributed by atoms with Crippen LogP contribution in [0.4, 0.5) is 0 Å². The van der Waals surface area contributed by atoms with Gasteiger partial charge in [-0.3, -0.25) is 9.89 Å². The molecule has 7 nitrogen and oxygen atoms in total. The largest absolute Gasteiger partial charge is 0.379 e. The van der Waals surface area contributed by atoms with Crippen LogP contribution in [0, 0.1) is 0 Å². The standard InChI is InChI=1S/C19H30N6O.HI/c1-2-20-19(22-10-11-25-12-14-26-15-13-25)21-9-5-8-18-23-16-6-3-4-7-17(16)24-18;/h3-4,6-7H,2,5,8-15H2,1H3,(H,23,24)(H2,20,21,22);1H. The van der Waals surface area contributed by atoms with E-state index in [1.165, 1.54) is 0 Å². The number of hydrogen-bond donors (Lipinski definition) is 3. The Hall–Kier alpha value is -1.39. The number of H-pyrrole nitrogens is 1. The number of morpholine rings is 1. The summed E-state index contributed by atoms with van der Waals surface area (Å²) >= 11 is 0. The molecule has 8 heteroatoms. The normalized spacial score (nSPS) is 15.5. The Labute approximate surface area is 178 Å². The average Bonchev–Trinajstić information content (AvgIpc) is 3.09. The van der Waals surface area contributed by atoms with E-state index < -0.39 is 0 Å². The summed E-state index contributed by atoms with van der Waals surface area (Å²) in [4.78, 5) is 15.1. The molecule has 0 saturated carbocycles. The second kappa shape index (κ2) is 12.1. The van der Waals surface area contributed by atoms with Crippen molar-refractivity contribution in [3.05, 3.63) is 30.1 Å². The minimum Gasteiger partial charge on any atom is -0.379 e. The molecule has 1 aromatic carbocycles. The van der Waals surface area contributed by atoms with E-state index in [0.29, 0.717) is 0 Å². The Morgan fingerprint density at radius 2 is 2.07 bits per heavy atom. The minimum absolute atomic E-state index is 0. The predicted molar refractivity (Wildman–Crippen MR) is 121 cm³/mol. The fourth-order valence-electron chi connectivity index (χ4n) is 3.06. The van der Waals surface area contributed by atoms with Gasteiger partial charge in [-0.15, -0.1) is 24.0 Å². The Kier molecular flexibility index (Phi) is 9.85. The first kappa shape index (κ1) is 21.9. The van der Waals surface area contributed by atoms with E-state index >= 15 is 0 Å². The first-order valence-corrected chi connectivity index (χ1v) is 9.61. The number of halogens is 1. The van der Waals surface area contributed by atoms with E-state index in [0.717, 1.165) is 88.1 Å². The highest BCUT2D eigenvalue weighted by molar-refractivity contribution is 14.0. The number of aryl methyl sites for hydroxylation is 1. The highest BCUT2D eigenvalue weighted by Crippen LogP contribution is 2.11. The van der Waals surface area contributed by atoms with Gasteiger partial charge in [0.05, 0.1) is 24.2 Å². The van der Waals surface area contributed by atoms with Crippen molar-refractivity contribution < 1.29 is 4.74 Å². The zero-order valence-electron chi connectivity index (χ0n) is 16.0. The number of nitrogens with one attached hydrogen (secondary N) is 3. The average molecular weight is 486 g/mol. The van der Waals surface area contributed by atoms with Crippen molar-refractivity contribution in [1.29, 1.82) is 0 Å². The molecule has 1 saturated heterocycles. The van der Waals surface area contributed by atoms with Crippen LogP contribution in [0.2, 0.25) is 0 Å². The lowest BCUT2D eigenvalue weighted by Gasteiger charge is -2.26. The van der Waals surface area contributed by atoms with Crippen LogP contribution in [0.25, 0.3) is 11.0 Å². The summed E-state index contributed by atoms with van der Waals surface area (Å²) in [5, 5.41) is 6.73. The molecular weight excluding hydrogens is 455 g/mol. The molecule has 1 aromatic heterocycles. The van der Waals surface area contributed by atoms with Crippen molar-refractivity contribution in [3.63, 3.8) is 0 Å². The summed E-state index contributed by atoms with van der Waals surface area (Å²) in [6.07, 6.45) is 1.88. The lowest BCUT2D eigenvalue weighted by atomic mass is 10.3. The van der Waals surface area contributed by atoms with Gasteiger partial charge in [-0.25, -0.2) is 4.98 Å². The van der Waals surface area contributed by atoms with Gasteiger partial charge < -0.3 is 20.4 Å². The van der Waals surface area contributed by atoms with Crippen LogP contribution in [-0.4, -0.2) is 73.3 Å². The summed E-state index contributed by atoms with van der Waals surface area (Å²) in [7, 11) is 0. The van der Waals surface area contributed by atoms with E-state index in [4.69, 9.17) is 4.74 Å². The topological polar surface area (TPSA) is 77.6 Å². The third-order valence-electron chi connectivity index (χ3n) is 4.45. The highest BCUT2D eigenvalue weighted by atomic mass is 127. The number of benzene rings is 1. The molecule has 0 unspecified atom stereocenters. The van der Waals surface area contributed by atoms with Crippen LogP contribution in [0.3, 0.4) is 0 Å². The minimum atomic E-state index is 0. The van der Waals surface area contributed by atoms with Crippen LogP contribution in [0.1, 0.15) is 19.2 Å². The molecule has 1 fully saturated rings. The number of imidazole rings is 1. The van der Waals surface area contributed by atoms with Gasteiger partial charge in [0, 0.05) is 45.7 Å². The number of fused-ring (bicyclic) bond motifs is 1. The lowest BCUT2D eigenvalue weighted by Crippen LogP contribution is -2.44. The van der Waals surface area contributed by atoms with Gasteiger partial charge in [-0.1, -0.05) is 12.1 Å². The zero-order valence-corrected chi connectivity index (χ0v) is 18.4. The van der Waals surface area contributed by atoms with E-state index in [1.54, 1.807) is 0 Å². The van der Waals surface area contributed by atoms with Crippen LogP contribution < -0.4 is 10.6 Å². The van der Waals surface area contributed by atoms with Gasteiger partial charge in [0.15, 0.2) is 5.96 Å². The smallest absolute Gasteiger partial charge is 0.191 e. The van der Waals surface area contributed by atoms with E-state index in [1.807, 2.05) is 18.2 Å². The molecular formula is C19H31IN6O. The molecule has 2 heterocycles. The second-order valence-corrected chi connectivity index (χ2v) is 6.45. The number of ether oxygens (including phenoxy) is 1. The number of guanidine groups is 1. The summed E-state index contributed by atoms with van der Waals surface area (Å²) in [5.74, 6) is 1.93. The molecule has 2 aromatic rings. The Morgan fingerprint density at radius 3 is 2.85 bits per heavy atom. The van der Waals surface area contributed by atoms with Crippen molar-refractivity contribution in [3.8, 4) is 0 Å². The van der Waals surface area contributed by atoms with Gasteiger partial charge in [0.1, 0.15) is 5.82 Å². The third-order valence-corrected chi connectivity index (χ3v) is 4.45. The molecule has 0 bridgehead atoms. The maximum absolute atomic E-state index is 5.38. The molecule has 0 amide bonds. The first-order chi connectivity index (χ1) is 12.8. The number of nitrogens with zero attached hydrogens (tertiary/aromatic N) is 3. The summed E-state index contributed by atoms with van der Waals surface area (Å²) in [5.41, 5.74) is 2.13. The molecule has 3 N–H and O–H groups in total. The molecule has 0 aliphatic carbocycles. The van der Waals surface area contributed by atoms with Crippen LogP contribution in [0.15, 0.2) is 29.3 Å². The van der Waals surface area contributed by atoms with Crippen LogP contribution in [0.5, 0.6) is 0 Å². The molecule has 150 valence electrons. The second-order valence-electron chi connectivity index (χ2n) is 6.45. The van der Waals surface area contributed by atoms with Gasteiger partial charge in [0.25, 0.3) is 0 Å². The van der Waals surface area contributed by atoms with Gasteiger partial charge in [0.2, 0.25) is 0 Å². The van der Waals surface area contributed by atoms with E-state index in [9.17, 15) is 0 Å². The van der Waals surface area contributed by atoms with Crippen molar-refractivity contribution in [2.75, 3.05) is 52.5 Å². The van der Waals surface area contributed by atoms with Gasteiger partial charge in [-0.05, 0) is 25.5 Å². The Balaban J connectivity index is 0.00000261. The number of aliphatic imine (C=N–C) groups is 1. The predicted octanol–water partition coefficient (Wildman–Crippen LogP) is 2.00. The van der Waals surface area contributed by atoms with Crippen LogP contribution in [-0.2, 0) is 11.2 Å². The molecule has 0 atom stereocenters. The van der Waals surface area contributed by atoms with Crippen molar-refractivity contribution in [1.82, 2.24) is 25.5 Å². The van der Waals surface area contributed by atoms with Gasteiger partial charge >= 0.3 is 0 Å². The van der Waals surface area contributed by atoms with E-state index in [-0.39, 0.29) is 24.0 Å². The SMILES string of the molecule is CCNC(=NCCCc1nc2ccccc2[nH]1)NCCN1CCOCC1.I. The molecule has 0 spiro atoms. The molecule has 1 aliphatic heterocycles.